The minimum atomic E-state index is -0.333. The van der Waals surface area contributed by atoms with E-state index in [9.17, 15) is 9.59 Å². The van der Waals surface area contributed by atoms with Crippen molar-refractivity contribution in [3.63, 3.8) is 0 Å². The van der Waals surface area contributed by atoms with E-state index in [1.165, 1.54) is 7.11 Å². The zero-order chi connectivity index (χ0) is 17.3. The average Bonchev–Trinajstić information content (AvgIpc) is 2.59. The molecule has 24 heavy (non-hydrogen) atoms. The summed E-state index contributed by atoms with van der Waals surface area (Å²) in [7, 11) is 1.53. The average molecular weight is 331 g/mol. The zero-order valence-electron chi connectivity index (χ0n) is 14.6. The van der Waals surface area contributed by atoms with Gasteiger partial charge in [-0.2, -0.15) is 0 Å². The first-order valence-corrected chi connectivity index (χ1v) is 8.57. The molecule has 0 radical (unpaired) electrons. The Balaban J connectivity index is 1.95. The number of rotatable bonds is 2. The molecule has 2 aliphatic heterocycles. The number of hydrogen-bond donors (Lipinski definition) is 0. The highest BCUT2D eigenvalue weighted by Gasteiger charge is 2.50. The molecule has 3 heterocycles. The monoisotopic (exact) mass is 331 g/mol. The van der Waals surface area contributed by atoms with Gasteiger partial charge in [0.2, 0.25) is 11.8 Å². The topological polar surface area (TPSA) is 62.7 Å². The van der Waals surface area contributed by atoms with Crippen LogP contribution in [0.15, 0.2) is 18.3 Å². The normalized spacial score (nSPS) is 26.7. The molecule has 6 heteroatoms. The Labute approximate surface area is 142 Å². The number of carbonyl (C=O) groups is 2. The van der Waals surface area contributed by atoms with Crippen molar-refractivity contribution in [3.05, 3.63) is 23.9 Å². The molecule has 0 bridgehead atoms. The predicted octanol–water partition coefficient (Wildman–Crippen LogP) is 2.10. The van der Waals surface area contributed by atoms with Crippen molar-refractivity contribution < 1.29 is 14.3 Å². The Bertz CT molecular complexity index is 648. The summed E-state index contributed by atoms with van der Waals surface area (Å²) in [6.45, 7) is 5.23. The van der Waals surface area contributed by atoms with Crippen LogP contribution in [0.4, 0.5) is 0 Å². The van der Waals surface area contributed by atoms with Crippen LogP contribution in [0, 0.1) is 0 Å². The maximum absolute atomic E-state index is 13.2. The molecule has 2 fully saturated rings. The van der Waals surface area contributed by atoms with E-state index >= 15 is 0 Å². The SMILES string of the molecule is COc1ncccc1C(=O)N1CCC[C@@H]2N(C(C)=O)CCC[C@@]21C. The number of hydrogen-bond acceptors (Lipinski definition) is 4. The van der Waals surface area contributed by atoms with E-state index in [2.05, 4.69) is 11.9 Å². The molecule has 0 unspecified atom stereocenters. The summed E-state index contributed by atoms with van der Waals surface area (Å²) in [5, 5.41) is 0. The quantitative estimate of drug-likeness (QED) is 0.832. The molecule has 0 spiro atoms. The van der Waals surface area contributed by atoms with Gasteiger partial charge in [-0.05, 0) is 44.7 Å². The number of nitrogens with zero attached hydrogens (tertiary/aromatic N) is 3. The number of methoxy groups -OCH3 is 1. The Morgan fingerprint density at radius 3 is 2.83 bits per heavy atom. The van der Waals surface area contributed by atoms with Gasteiger partial charge in [-0.15, -0.1) is 0 Å². The molecule has 2 saturated heterocycles. The maximum Gasteiger partial charge on any atom is 0.259 e. The Morgan fingerprint density at radius 1 is 1.33 bits per heavy atom. The third kappa shape index (κ3) is 2.64. The second-order valence-corrected chi connectivity index (χ2v) is 6.85. The number of pyridine rings is 1. The van der Waals surface area contributed by atoms with E-state index in [4.69, 9.17) is 4.74 Å². The van der Waals surface area contributed by atoms with Gasteiger partial charge in [0.05, 0.1) is 18.7 Å². The number of carbonyl (C=O) groups excluding carboxylic acids is 2. The first-order chi connectivity index (χ1) is 11.5. The molecule has 1 aromatic rings. The lowest BCUT2D eigenvalue weighted by atomic mass is 9.75. The Hall–Kier alpha value is -2.11. The molecular weight excluding hydrogens is 306 g/mol. The van der Waals surface area contributed by atoms with Crippen LogP contribution in [0.3, 0.4) is 0 Å². The minimum absolute atomic E-state index is 0.0578. The van der Waals surface area contributed by atoms with Crippen LogP contribution in [0.2, 0.25) is 0 Å². The van der Waals surface area contributed by atoms with Crippen molar-refractivity contribution in [2.45, 2.75) is 51.1 Å². The molecule has 6 nitrogen and oxygen atoms in total. The molecular formula is C18H25N3O3. The molecule has 0 saturated carbocycles. The second-order valence-electron chi connectivity index (χ2n) is 6.85. The van der Waals surface area contributed by atoms with Crippen molar-refractivity contribution >= 4 is 11.8 Å². The van der Waals surface area contributed by atoms with Crippen LogP contribution in [0.25, 0.3) is 0 Å². The third-order valence-corrected chi connectivity index (χ3v) is 5.50. The number of ether oxygens (including phenoxy) is 1. The van der Waals surface area contributed by atoms with Gasteiger partial charge < -0.3 is 14.5 Å². The van der Waals surface area contributed by atoms with Crippen LogP contribution in [-0.4, -0.2) is 58.4 Å². The molecule has 0 aliphatic carbocycles. The molecule has 130 valence electrons. The number of likely N-dealkylation sites (tertiary alicyclic amines) is 2. The summed E-state index contributed by atoms with van der Waals surface area (Å²) in [6, 6.07) is 3.60. The van der Waals surface area contributed by atoms with Gasteiger partial charge in [0.25, 0.3) is 5.91 Å². The fraction of sp³-hybridized carbons (Fsp3) is 0.611. The summed E-state index contributed by atoms with van der Waals surface area (Å²) in [4.78, 5) is 33.3. The van der Waals surface area contributed by atoms with E-state index < -0.39 is 0 Å². The standard InChI is InChI=1S/C18H25N3O3/c1-13(22)20-11-6-9-18(2)15(20)8-5-12-21(18)17(23)14-7-4-10-19-16(14)24-3/h4,7,10,15H,5-6,8-9,11-12H2,1-3H3/t15-,18-/m0/s1. The van der Waals surface area contributed by atoms with Crippen LogP contribution >= 0.6 is 0 Å². The van der Waals surface area contributed by atoms with Gasteiger partial charge in [0, 0.05) is 26.2 Å². The van der Waals surface area contributed by atoms with Crippen molar-refractivity contribution in [1.29, 1.82) is 0 Å². The van der Waals surface area contributed by atoms with E-state index in [-0.39, 0.29) is 23.4 Å². The van der Waals surface area contributed by atoms with Crippen LogP contribution in [-0.2, 0) is 4.79 Å². The van der Waals surface area contributed by atoms with Gasteiger partial charge in [0.1, 0.15) is 5.56 Å². The molecule has 0 N–H and O–H groups in total. The van der Waals surface area contributed by atoms with Gasteiger partial charge >= 0.3 is 0 Å². The van der Waals surface area contributed by atoms with Crippen LogP contribution < -0.4 is 4.74 Å². The lowest BCUT2D eigenvalue weighted by Crippen LogP contribution is -2.68. The number of aromatic nitrogens is 1. The Morgan fingerprint density at radius 2 is 2.12 bits per heavy atom. The highest BCUT2D eigenvalue weighted by molar-refractivity contribution is 5.97. The van der Waals surface area contributed by atoms with Gasteiger partial charge in [-0.1, -0.05) is 0 Å². The molecule has 1 aromatic heterocycles. The molecule has 0 aromatic carbocycles. The van der Waals surface area contributed by atoms with Crippen molar-refractivity contribution in [2.24, 2.45) is 0 Å². The highest BCUT2D eigenvalue weighted by Crippen LogP contribution is 2.40. The van der Waals surface area contributed by atoms with Gasteiger partial charge in [-0.3, -0.25) is 9.59 Å². The second kappa shape index (κ2) is 6.42. The largest absolute Gasteiger partial charge is 0.480 e. The summed E-state index contributed by atoms with van der Waals surface area (Å²) in [6.07, 6.45) is 5.30. The zero-order valence-corrected chi connectivity index (χ0v) is 14.6. The lowest BCUT2D eigenvalue weighted by Gasteiger charge is -2.56. The van der Waals surface area contributed by atoms with Crippen molar-refractivity contribution in [3.8, 4) is 5.88 Å². The van der Waals surface area contributed by atoms with Crippen molar-refractivity contribution in [2.75, 3.05) is 20.2 Å². The fourth-order valence-electron chi connectivity index (χ4n) is 4.32. The van der Waals surface area contributed by atoms with E-state index in [1.54, 1.807) is 25.3 Å². The summed E-state index contributed by atoms with van der Waals surface area (Å²) in [5.41, 5.74) is 0.155. The summed E-state index contributed by atoms with van der Waals surface area (Å²) in [5.74, 6) is 0.393. The minimum Gasteiger partial charge on any atom is -0.480 e. The fourth-order valence-corrected chi connectivity index (χ4v) is 4.32. The van der Waals surface area contributed by atoms with Gasteiger partial charge in [-0.25, -0.2) is 4.98 Å². The van der Waals surface area contributed by atoms with Gasteiger partial charge in [0.15, 0.2) is 0 Å². The number of piperidine rings is 2. The molecule has 2 atom stereocenters. The predicted molar refractivity (Wildman–Crippen MR) is 89.9 cm³/mol. The number of fused-ring (bicyclic) bond motifs is 1. The molecule has 2 amide bonds. The van der Waals surface area contributed by atoms with Crippen molar-refractivity contribution in [1.82, 2.24) is 14.8 Å². The Kier molecular flexibility index (Phi) is 4.47. The van der Waals surface area contributed by atoms with Crippen LogP contribution in [0.5, 0.6) is 5.88 Å². The van der Waals surface area contributed by atoms with E-state index in [0.29, 0.717) is 18.0 Å². The molecule has 3 rings (SSSR count). The first kappa shape index (κ1) is 16.7. The smallest absolute Gasteiger partial charge is 0.259 e. The third-order valence-electron chi connectivity index (χ3n) is 5.50. The number of amides is 2. The molecule has 2 aliphatic rings. The lowest BCUT2D eigenvalue weighted by molar-refractivity contribution is -0.140. The first-order valence-electron chi connectivity index (χ1n) is 8.57. The summed E-state index contributed by atoms with van der Waals surface area (Å²) < 4.78 is 5.26. The maximum atomic E-state index is 13.2. The highest BCUT2D eigenvalue weighted by atomic mass is 16.5. The summed E-state index contributed by atoms with van der Waals surface area (Å²) >= 11 is 0. The van der Waals surface area contributed by atoms with E-state index in [0.717, 1.165) is 32.2 Å². The van der Waals surface area contributed by atoms with E-state index in [1.807, 2.05) is 9.80 Å². The van der Waals surface area contributed by atoms with Crippen LogP contribution in [0.1, 0.15) is 49.9 Å².